The summed E-state index contributed by atoms with van der Waals surface area (Å²) in [6, 6.07) is 13.2. The first kappa shape index (κ1) is 17.0. The molecule has 130 valence electrons. The van der Waals surface area contributed by atoms with Crippen molar-refractivity contribution in [2.45, 2.75) is 19.9 Å². The number of carbonyl (C=O) groups is 1. The van der Waals surface area contributed by atoms with Gasteiger partial charge in [0.05, 0.1) is 17.1 Å². The molecule has 0 saturated carbocycles. The van der Waals surface area contributed by atoms with Gasteiger partial charge in [0.2, 0.25) is 0 Å². The van der Waals surface area contributed by atoms with Gasteiger partial charge in [-0.15, -0.1) is 0 Å². The highest BCUT2D eigenvalue weighted by atomic mass is 19.1. The summed E-state index contributed by atoms with van der Waals surface area (Å²) in [7, 11) is 0. The second kappa shape index (κ2) is 7.34. The lowest BCUT2D eigenvalue weighted by molar-refractivity contribution is -0.124. The van der Waals surface area contributed by atoms with Gasteiger partial charge in [0.1, 0.15) is 17.4 Å². The predicted molar refractivity (Wildman–Crippen MR) is 93.7 cm³/mol. The highest BCUT2D eigenvalue weighted by molar-refractivity contribution is 5.78. The Bertz CT molecular complexity index is 843. The van der Waals surface area contributed by atoms with Crippen LogP contribution < -0.4 is 10.1 Å². The summed E-state index contributed by atoms with van der Waals surface area (Å²) < 4.78 is 18.5. The van der Waals surface area contributed by atoms with E-state index < -0.39 is 5.82 Å². The van der Waals surface area contributed by atoms with Crippen LogP contribution in [0.5, 0.6) is 5.75 Å². The van der Waals surface area contributed by atoms with Crippen molar-refractivity contribution in [3.8, 4) is 5.75 Å². The molecule has 2 N–H and O–H groups in total. The standard InChI is InChI=1S/C19H20FN3O2/c1-12(2)18(19-21-15-8-3-4-9-16(15)22-19)23-17(24)11-25-14-7-5-6-13(20)10-14/h3-10,12,18H,11H2,1-2H3,(H,21,22)(H,23,24). The van der Waals surface area contributed by atoms with E-state index in [-0.39, 0.29) is 24.5 Å². The van der Waals surface area contributed by atoms with Gasteiger partial charge in [-0.2, -0.15) is 0 Å². The number of aromatic nitrogens is 2. The zero-order valence-corrected chi connectivity index (χ0v) is 14.1. The van der Waals surface area contributed by atoms with Gasteiger partial charge in [-0.25, -0.2) is 9.37 Å². The van der Waals surface area contributed by atoms with Gasteiger partial charge >= 0.3 is 0 Å². The Morgan fingerprint density at radius 1 is 1.24 bits per heavy atom. The minimum absolute atomic E-state index is 0.138. The average molecular weight is 341 g/mol. The molecular formula is C19H20FN3O2. The summed E-state index contributed by atoms with van der Waals surface area (Å²) in [5.41, 5.74) is 1.78. The number of imidazole rings is 1. The van der Waals surface area contributed by atoms with E-state index in [0.29, 0.717) is 11.6 Å². The van der Waals surface area contributed by atoms with E-state index >= 15 is 0 Å². The van der Waals surface area contributed by atoms with Gasteiger partial charge in [0.25, 0.3) is 5.91 Å². The van der Waals surface area contributed by atoms with Gasteiger partial charge in [-0.3, -0.25) is 4.79 Å². The first-order valence-electron chi connectivity index (χ1n) is 8.15. The summed E-state index contributed by atoms with van der Waals surface area (Å²) in [5, 5.41) is 2.93. The number of fused-ring (bicyclic) bond motifs is 1. The lowest BCUT2D eigenvalue weighted by Gasteiger charge is -2.20. The third-order valence-corrected chi connectivity index (χ3v) is 3.85. The summed E-state index contributed by atoms with van der Waals surface area (Å²) in [5.74, 6) is 0.470. The van der Waals surface area contributed by atoms with E-state index in [0.717, 1.165) is 11.0 Å². The Hall–Kier alpha value is -2.89. The molecule has 0 spiro atoms. The molecule has 2 aromatic carbocycles. The molecule has 0 aliphatic carbocycles. The van der Waals surface area contributed by atoms with Crippen molar-refractivity contribution < 1.29 is 13.9 Å². The molecule has 5 nitrogen and oxygen atoms in total. The van der Waals surface area contributed by atoms with Gasteiger partial charge in [0.15, 0.2) is 6.61 Å². The van der Waals surface area contributed by atoms with Crippen LogP contribution in [0, 0.1) is 11.7 Å². The topological polar surface area (TPSA) is 67.0 Å². The summed E-state index contributed by atoms with van der Waals surface area (Å²) in [6.45, 7) is 3.82. The Morgan fingerprint density at radius 2 is 2.04 bits per heavy atom. The van der Waals surface area contributed by atoms with E-state index in [1.807, 2.05) is 38.1 Å². The smallest absolute Gasteiger partial charge is 0.258 e. The highest BCUT2D eigenvalue weighted by Crippen LogP contribution is 2.22. The Balaban J connectivity index is 1.68. The number of H-pyrrole nitrogens is 1. The van der Waals surface area contributed by atoms with Crippen molar-refractivity contribution in [3.05, 3.63) is 60.2 Å². The second-order valence-corrected chi connectivity index (χ2v) is 6.17. The van der Waals surface area contributed by atoms with Crippen LogP contribution >= 0.6 is 0 Å². The summed E-state index contributed by atoms with van der Waals surface area (Å²) in [4.78, 5) is 20.0. The lowest BCUT2D eigenvalue weighted by atomic mass is 10.0. The minimum atomic E-state index is -0.403. The number of aromatic amines is 1. The van der Waals surface area contributed by atoms with Crippen molar-refractivity contribution in [1.29, 1.82) is 0 Å². The van der Waals surface area contributed by atoms with E-state index in [2.05, 4.69) is 15.3 Å². The monoisotopic (exact) mass is 341 g/mol. The van der Waals surface area contributed by atoms with Crippen molar-refractivity contribution in [1.82, 2.24) is 15.3 Å². The van der Waals surface area contributed by atoms with Crippen molar-refractivity contribution in [2.75, 3.05) is 6.61 Å². The quantitative estimate of drug-likeness (QED) is 0.720. The number of hydrogen-bond acceptors (Lipinski definition) is 3. The number of carbonyl (C=O) groups excluding carboxylic acids is 1. The minimum Gasteiger partial charge on any atom is -0.484 e. The fourth-order valence-electron chi connectivity index (χ4n) is 2.59. The van der Waals surface area contributed by atoms with Gasteiger partial charge in [-0.1, -0.05) is 32.0 Å². The summed E-state index contributed by atoms with van der Waals surface area (Å²) in [6.07, 6.45) is 0. The maximum absolute atomic E-state index is 13.1. The average Bonchev–Trinajstić information content (AvgIpc) is 3.01. The number of nitrogens with one attached hydrogen (secondary N) is 2. The fraction of sp³-hybridized carbons (Fsp3) is 0.263. The largest absolute Gasteiger partial charge is 0.484 e. The summed E-state index contributed by atoms with van der Waals surface area (Å²) >= 11 is 0. The molecule has 1 unspecified atom stereocenters. The molecule has 0 saturated heterocycles. The van der Waals surface area contributed by atoms with E-state index in [1.165, 1.54) is 18.2 Å². The molecule has 25 heavy (non-hydrogen) atoms. The number of benzene rings is 2. The van der Waals surface area contributed by atoms with Crippen molar-refractivity contribution >= 4 is 16.9 Å². The molecule has 1 amide bonds. The molecule has 0 aliphatic rings. The molecule has 0 aliphatic heterocycles. The molecule has 1 heterocycles. The van der Waals surface area contributed by atoms with E-state index in [1.54, 1.807) is 6.07 Å². The number of nitrogens with zero attached hydrogens (tertiary/aromatic N) is 1. The van der Waals surface area contributed by atoms with Crippen molar-refractivity contribution in [2.24, 2.45) is 5.92 Å². The zero-order chi connectivity index (χ0) is 17.8. The van der Waals surface area contributed by atoms with Crippen LogP contribution in [0.25, 0.3) is 11.0 Å². The molecule has 0 fully saturated rings. The van der Waals surface area contributed by atoms with Crippen LogP contribution in [0.3, 0.4) is 0 Å². The molecule has 1 atom stereocenters. The SMILES string of the molecule is CC(C)C(NC(=O)COc1cccc(F)c1)c1nc2ccccc2[nH]1. The Kier molecular flexibility index (Phi) is 4.97. The second-order valence-electron chi connectivity index (χ2n) is 6.17. The third-order valence-electron chi connectivity index (χ3n) is 3.85. The molecule has 1 aromatic heterocycles. The number of para-hydroxylation sites is 2. The maximum Gasteiger partial charge on any atom is 0.258 e. The Morgan fingerprint density at radius 3 is 2.76 bits per heavy atom. The number of amides is 1. The number of ether oxygens (including phenoxy) is 1. The van der Waals surface area contributed by atoms with Crippen molar-refractivity contribution in [3.63, 3.8) is 0 Å². The van der Waals surface area contributed by atoms with Gasteiger partial charge < -0.3 is 15.0 Å². The van der Waals surface area contributed by atoms with Gasteiger partial charge in [-0.05, 0) is 30.2 Å². The van der Waals surface area contributed by atoms with E-state index in [9.17, 15) is 9.18 Å². The molecule has 0 radical (unpaired) electrons. The molecule has 3 aromatic rings. The molecule has 0 bridgehead atoms. The first-order chi connectivity index (χ1) is 12.0. The number of rotatable bonds is 6. The van der Waals surface area contributed by atoms with Crippen LogP contribution in [0.15, 0.2) is 48.5 Å². The van der Waals surface area contributed by atoms with Crippen LogP contribution in [0.1, 0.15) is 25.7 Å². The molecular weight excluding hydrogens is 321 g/mol. The molecule has 6 heteroatoms. The van der Waals surface area contributed by atoms with E-state index in [4.69, 9.17) is 4.74 Å². The van der Waals surface area contributed by atoms with Crippen LogP contribution in [0.2, 0.25) is 0 Å². The van der Waals surface area contributed by atoms with Gasteiger partial charge in [0, 0.05) is 6.07 Å². The predicted octanol–water partition coefficient (Wildman–Crippen LogP) is 3.59. The normalized spacial score (nSPS) is 12.3. The fourth-order valence-corrected chi connectivity index (χ4v) is 2.59. The first-order valence-corrected chi connectivity index (χ1v) is 8.15. The molecule has 3 rings (SSSR count). The highest BCUT2D eigenvalue weighted by Gasteiger charge is 2.22. The zero-order valence-electron chi connectivity index (χ0n) is 14.1. The maximum atomic E-state index is 13.1. The van der Waals surface area contributed by atoms with Crippen LogP contribution in [0.4, 0.5) is 4.39 Å². The van der Waals surface area contributed by atoms with Crippen LogP contribution in [-0.4, -0.2) is 22.5 Å². The van der Waals surface area contributed by atoms with Crippen LogP contribution in [-0.2, 0) is 4.79 Å². The Labute approximate surface area is 145 Å². The third kappa shape index (κ3) is 4.15. The number of halogens is 1. The lowest BCUT2D eigenvalue weighted by Crippen LogP contribution is -2.35. The number of hydrogen-bond donors (Lipinski definition) is 2.